The van der Waals surface area contributed by atoms with Crippen LogP contribution in [0.25, 0.3) is 0 Å². The van der Waals surface area contributed by atoms with Gasteiger partial charge < -0.3 is 4.74 Å². The van der Waals surface area contributed by atoms with E-state index in [-0.39, 0.29) is 0 Å². The first-order valence-electron chi connectivity index (χ1n) is 3.89. The fourth-order valence-electron chi connectivity index (χ4n) is 1.28. The first-order chi connectivity index (χ1) is 5.75. The summed E-state index contributed by atoms with van der Waals surface area (Å²) in [4.78, 5) is 0. The van der Waals surface area contributed by atoms with Gasteiger partial charge in [0.25, 0.3) is 0 Å². The van der Waals surface area contributed by atoms with Crippen LogP contribution in [0.5, 0.6) is 0 Å². The summed E-state index contributed by atoms with van der Waals surface area (Å²) in [5.41, 5.74) is 2.43. The minimum atomic E-state index is 0.444. The second-order valence-corrected chi connectivity index (χ2v) is 3.30. The third-order valence-corrected chi connectivity index (χ3v) is 2.15. The fraction of sp³-hybridized carbons (Fsp3) is 0.200. The van der Waals surface area contributed by atoms with Gasteiger partial charge >= 0.3 is 0 Å². The summed E-state index contributed by atoms with van der Waals surface area (Å²) >= 11 is 5.72. The topological polar surface area (TPSA) is 9.23 Å². The second kappa shape index (κ2) is 2.83. The largest absolute Gasteiger partial charge is 0.445 e. The Hall–Kier alpha value is -0.950. The van der Waals surface area contributed by atoms with Crippen LogP contribution in [0.4, 0.5) is 0 Å². The van der Waals surface area contributed by atoms with E-state index in [0.717, 1.165) is 12.2 Å². The van der Waals surface area contributed by atoms with E-state index in [0.29, 0.717) is 5.22 Å². The van der Waals surface area contributed by atoms with Crippen molar-refractivity contribution in [1.82, 2.24) is 0 Å². The molecule has 2 heteroatoms. The van der Waals surface area contributed by atoms with Gasteiger partial charge in [-0.2, -0.15) is 0 Å². The molecule has 2 aliphatic rings. The van der Waals surface area contributed by atoms with Crippen LogP contribution in [0.2, 0.25) is 0 Å². The van der Waals surface area contributed by atoms with Crippen LogP contribution in [0.15, 0.2) is 46.4 Å². The molecule has 0 spiro atoms. The van der Waals surface area contributed by atoms with E-state index in [2.05, 4.69) is 13.0 Å². The average Bonchev–Trinajstić information content (AvgIpc) is 2.03. The van der Waals surface area contributed by atoms with Crippen LogP contribution in [-0.2, 0) is 4.74 Å². The lowest BCUT2D eigenvalue weighted by Gasteiger charge is -2.18. The number of hydrogen-bond donors (Lipinski definition) is 0. The van der Waals surface area contributed by atoms with E-state index >= 15 is 0 Å². The molecule has 0 N–H and O–H groups in total. The normalized spacial score (nSPS) is 21.2. The molecule has 0 saturated heterocycles. The zero-order valence-electron chi connectivity index (χ0n) is 6.80. The van der Waals surface area contributed by atoms with Gasteiger partial charge in [0.15, 0.2) is 5.22 Å². The highest BCUT2D eigenvalue weighted by Crippen LogP contribution is 2.30. The minimum Gasteiger partial charge on any atom is -0.445 e. The Balaban J connectivity index is 2.36. The highest BCUT2D eigenvalue weighted by atomic mass is 35.5. The molecule has 1 aliphatic heterocycles. The van der Waals surface area contributed by atoms with Crippen molar-refractivity contribution in [2.45, 2.75) is 13.3 Å². The van der Waals surface area contributed by atoms with E-state index in [1.165, 1.54) is 11.1 Å². The molecule has 12 heavy (non-hydrogen) atoms. The van der Waals surface area contributed by atoms with Crippen LogP contribution in [0.1, 0.15) is 13.3 Å². The number of allylic oxidation sites excluding steroid dienone is 6. The van der Waals surface area contributed by atoms with Crippen LogP contribution < -0.4 is 0 Å². The molecular weight excluding hydrogens is 172 g/mol. The highest BCUT2D eigenvalue weighted by Gasteiger charge is 2.14. The van der Waals surface area contributed by atoms with Crippen molar-refractivity contribution in [3.05, 3.63) is 46.4 Å². The Morgan fingerprint density at radius 2 is 2.25 bits per heavy atom. The minimum absolute atomic E-state index is 0.444. The maximum atomic E-state index is 5.72. The van der Waals surface area contributed by atoms with Crippen LogP contribution in [0.3, 0.4) is 0 Å². The highest BCUT2D eigenvalue weighted by molar-refractivity contribution is 6.28. The van der Waals surface area contributed by atoms with Gasteiger partial charge in [-0.1, -0.05) is 17.7 Å². The lowest BCUT2D eigenvalue weighted by atomic mass is 10.0. The first-order valence-corrected chi connectivity index (χ1v) is 4.26. The van der Waals surface area contributed by atoms with Gasteiger partial charge in [0.1, 0.15) is 5.76 Å². The molecule has 2 rings (SSSR count). The number of ether oxygens (including phenoxy) is 1. The molecule has 62 valence electrons. The Morgan fingerprint density at radius 1 is 1.42 bits per heavy atom. The standard InChI is InChI=1S/C10H9ClO/c1-7-2-3-8-4-5-10(11)12-9(8)6-7/h2,4-6H,3H2,1H3. The molecule has 1 nitrogen and oxygen atoms in total. The first kappa shape index (κ1) is 7.69. The summed E-state index contributed by atoms with van der Waals surface area (Å²) < 4.78 is 5.34. The van der Waals surface area contributed by atoms with Crippen molar-refractivity contribution >= 4 is 11.6 Å². The Kier molecular flexibility index (Phi) is 1.81. The van der Waals surface area contributed by atoms with Crippen LogP contribution in [0, 0.1) is 0 Å². The third-order valence-electron chi connectivity index (χ3n) is 1.94. The molecule has 0 fully saturated rings. The molecule has 0 amide bonds. The van der Waals surface area contributed by atoms with Gasteiger partial charge in [-0.05, 0) is 42.7 Å². The van der Waals surface area contributed by atoms with Crippen LogP contribution >= 0.6 is 11.6 Å². The molecule has 0 aromatic rings. The average molecular weight is 181 g/mol. The number of rotatable bonds is 0. The molecule has 1 heterocycles. The molecular formula is C10H9ClO. The summed E-state index contributed by atoms with van der Waals surface area (Å²) in [7, 11) is 0. The van der Waals surface area contributed by atoms with Crippen molar-refractivity contribution in [3.63, 3.8) is 0 Å². The fourth-order valence-corrected chi connectivity index (χ4v) is 1.43. The number of halogens is 1. The van der Waals surface area contributed by atoms with Crippen molar-refractivity contribution in [2.75, 3.05) is 0 Å². The van der Waals surface area contributed by atoms with E-state index in [1.807, 2.05) is 12.2 Å². The lowest BCUT2D eigenvalue weighted by molar-refractivity contribution is 0.337. The lowest BCUT2D eigenvalue weighted by Crippen LogP contribution is -2.01. The molecule has 0 bridgehead atoms. The molecule has 0 atom stereocenters. The van der Waals surface area contributed by atoms with Gasteiger partial charge in [0, 0.05) is 0 Å². The van der Waals surface area contributed by atoms with Crippen molar-refractivity contribution in [1.29, 1.82) is 0 Å². The Labute approximate surface area is 76.7 Å². The quantitative estimate of drug-likeness (QED) is 0.556. The molecule has 0 unspecified atom stereocenters. The zero-order chi connectivity index (χ0) is 8.55. The smallest absolute Gasteiger partial charge is 0.193 e. The second-order valence-electron chi connectivity index (χ2n) is 2.93. The van der Waals surface area contributed by atoms with Gasteiger partial charge in [-0.3, -0.25) is 0 Å². The number of hydrogen-bond acceptors (Lipinski definition) is 1. The van der Waals surface area contributed by atoms with Crippen molar-refractivity contribution in [2.24, 2.45) is 0 Å². The predicted octanol–water partition coefficient (Wildman–Crippen LogP) is 3.26. The number of fused-ring (bicyclic) bond motifs is 1. The molecule has 0 saturated carbocycles. The van der Waals surface area contributed by atoms with Gasteiger partial charge in [0.2, 0.25) is 0 Å². The summed E-state index contributed by atoms with van der Waals surface area (Å²) in [6, 6.07) is 0. The molecule has 1 aliphatic carbocycles. The van der Waals surface area contributed by atoms with E-state index < -0.39 is 0 Å². The monoisotopic (exact) mass is 180 g/mol. The Bertz CT molecular complexity index is 332. The zero-order valence-corrected chi connectivity index (χ0v) is 7.56. The molecule has 0 aromatic carbocycles. The summed E-state index contributed by atoms with van der Waals surface area (Å²) in [5.74, 6) is 0.891. The Morgan fingerprint density at radius 3 is 3.08 bits per heavy atom. The third kappa shape index (κ3) is 1.32. The van der Waals surface area contributed by atoms with Crippen molar-refractivity contribution < 1.29 is 4.74 Å². The van der Waals surface area contributed by atoms with E-state index in [1.54, 1.807) is 6.08 Å². The summed E-state index contributed by atoms with van der Waals surface area (Å²) in [6.07, 6.45) is 8.90. The van der Waals surface area contributed by atoms with Crippen LogP contribution in [-0.4, -0.2) is 0 Å². The van der Waals surface area contributed by atoms with Crippen molar-refractivity contribution in [3.8, 4) is 0 Å². The SMILES string of the molecule is CC1=CCC2=CC=C(Cl)OC2=C1. The van der Waals surface area contributed by atoms with Gasteiger partial charge in [-0.25, -0.2) is 0 Å². The summed E-state index contributed by atoms with van der Waals surface area (Å²) in [5, 5.41) is 0.444. The van der Waals surface area contributed by atoms with Gasteiger partial charge in [0.05, 0.1) is 0 Å². The van der Waals surface area contributed by atoms with E-state index in [4.69, 9.17) is 16.3 Å². The molecule has 0 aromatic heterocycles. The molecule has 0 radical (unpaired) electrons. The summed E-state index contributed by atoms with van der Waals surface area (Å²) in [6.45, 7) is 2.05. The maximum Gasteiger partial charge on any atom is 0.193 e. The predicted molar refractivity (Wildman–Crippen MR) is 49.6 cm³/mol. The van der Waals surface area contributed by atoms with Gasteiger partial charge in [-0.15, -0.1) is 0 Å². The van der Waals surface area contributed by atoms with E-state index in [9.17, 15) is 0 Å². The maximum absolute atomic E-state index is 5.72.